The Morgan fingerprint density at radius 2 is 1.69 bits per heavy atom. The Kier molecular flexibility index (Phi) is 4.75. The number of carbonyl (C=O) groups excluding carboxylic acids is 2. The minimum atomic E-state index is -0.580. The molecule has 0 N–H and O–H groups in total. The van der Waals surface area contributed by atoms with Gasteiger partial charge in [0, 0.05) is 36.9 Å². The van der Waals surface area contributed by atoms with Gasteiger partial charge in [0.05, 0.1) is 28.4 Å². The van der Waals surface area contributed by atoms with Gasteiger partial charge < -0.3 is 0 Å². The standard InChI is InChI=1S/C17H9N7O4S/c25-15(12-8-18-3-5-20-12)23-14-2-1-10(24(27)28)7-11(14)22-17(23)29-16(26)13-9-19-4-6-21-13/h1-9H. The second kappa shape index (κ2) is 7.52. The van der Waals surface area contributed by atoms with Gasteiger partial charge in [0.15, 0.2) is 5.16 Å². The number of benzene rings is 1. The van der Waals surface area contributed by atoms with E-state index in [-0.39, 0.29) is 27.7 Å². The van der Waals surface area contributed by atoms with Crippen LogP contribution < -0.4 is 0 Å². The van der Waals surface area contributed by atoms with E-state index in [0.717, 1.165) is 0 Å². The highest BCUT2D eigenvalue weighted by molar-refractivity contribution is 8.14. The fourth-order valence-corrected chi connectivity index (χ4v) is 3.28. The molecule has 3 aromatic heterocycles. The number of hydrogen-bond donors (Lipinski definition) is 0. The molecule has 0 aliphatic rings. The predicted molar refractivity (Wildman–Crippen MR) is 100 cm³/mol. The van der Waals surface area contributed by atoms with Gasteiger partial charge in [-0.2, -0.15) is 0 Å². The zero-order valence-corrected chi connectivity index (χ0v) is 15.2. The smallest absolute Gasteiger partial charge is 0.279 e. The van der Waals surface area contributed by atoms with E-state index in [9.17, 15) is 19.7 Å². The summed E-state index contributed by atoms with van der Waals surface area (Å²) in [6, 6.07) is 3.88. The van der Waals surface area contributed by atoms with Crippen molar-refractivity contribution in [1.82, 2.24) is 29.5 Å². The summed E-state index contributed by atoms with van der Waals surface area (Å²) in [4.78, 5) is 55.9. The average Bonchev–Trinajstić information content (AvgIpc) is 3.11. The van der Waals surface area contributed by atoms with Crippen molar-refractivity contribution in [3.8, 4) is 0 Å². The van der Waals surface area contributed by atoms with Gasteiger partial charge in [-0.05, 0) is 17.8 Å². The Morgan fingerprint density at radius 1 is 1.00 bits per heavy atom. The molecule has 0 saturated carbocycles. The molecule has 0 bridgehead atoms. The third kappa shape index (κ3) is 3.55. The van der Waals surface area contributed by atoms with Crippen LogP contribution in [-0.4, -0.2) is 45.4 Å². The minimum absolute atomic E-state index is 0.0202. The van der Waals surface area contributed by atoms with Crippen molar-refractivity contribution >= 4 is 39.5 Å². The lowest BCUT2D eigenvalue weighted by Crippen LogP contribution is -2.15. The van der Waals surface area contributed by atoms with Crippen LogP contribution >= 0.6 is 11.8 Å². The molecule has 0 unspecified atom stereocenters. The first kappa shape index (κ1) is 18.3. The third-order valence-corrected chi connectivity index (χ3v) is 4.61. The lowest BCUT2D eigenvalue weighted by atomic mass is 10.2. The number of rotatable bonds is 4. The van der Waals surface area contributed by atoms with Crippen LogP contribution in [0.2, 0.25) is 0 Å². The van der Waals surface area contributed by atoms with Gasteiger partial charge in [-0.25, -0.2) is 15.0 Å². The fourth-order valence-electron chi connectivity index (χ4n) is 2.49. The van der Waals surface area contributed by atoms with Crippen LogP contribution in [0.1, 0.15) is 21.0 Å². The summed E-state index contributed by atoms with van der Waals surface area (Å²) in [6.45, 7) is 0. The molecular weight excluding hydrogens is 398 g/mol. The quantitative estimate of drug-likeness (QED) is 0.280. The largest absolute Gasteiger partial charge is 0.284 e. The molecule has 0 fully saturated rings. The van der Waals surface area contributed by atoms with Crippen molar-refractivity contribution in [3.63, 3.8) is 0 Å². The maximum atomic E-state index is 13.0. The van der Waals surface area contributed by atoms with Gasteiger partial charge in [0.25, 0.3) is 11.6 Å². The highest BCUT2D eigenvalue weighted by Gasteiger charge is 2.24. The molecular formula is C17H9N7O4S. The summed E-state index contributed by atoms with van der Waals surface area (Å²) in [5.74, 6) is -0.580. The van der Waals surface area contributed by atoms with E-state index in [2.05, 4.69) is 24.9 Å². The molecule has 0 atom stereocenters. The SMILES string of the molecule is O=C(Sc1nc2cc([N+](=O)[O-])ccc2n1C(=O)c1cnccn1)c1cnccn1. The molecule has 142 valence electrons. The van der Waals surface area contributed by atoms with Crippen LogP contribution in [0.25, 0.3) is 11.0 Å². The summed E-state index contributed by atoms with van der Waals surface area (Å²) < 4.78 is 1.17. The van der Waals surface area contributed by atoms with Crippen molar-refractivity contribution in [2.75, 3.05) is 0 Å². The minimum Gasteiger partial charge on any atom is -0.279 e. The molecule has 0 radical (unpaired) electrons. The van der Waals surface area contributed by atoms with Gasteiger partial charge in [-0.15, -0.1) is 0 Å². The molecule has 11 nitrogen and oxygen atoms in total. The zero-order valence-electron chi connectivity index (χ0n) is 14.4. The van der Waals surface area contributed by atoms with E-state index in [4.69, 9.17) is 0 Å². The van der Waals surface area contributed by atoms with Crippen molar-refractivity contribution in [1.29, 1.82) is 0 Å². The van der Waals surface area contributed by atoms with Gasteiger partial charge in [0.1, 0.15) is 11.4 Å². The number of thioether (sulfide) groups is 1. The maximum absolute atomic E-state index is 13.0. The number of hydrogen-bond acceptors (Lipinski definition) is 10. The van der Waals surface area contributed by atoms with Gasteiger partial charge in [0.2, 0.25) is 5.12 Å². The fraction of sp³-hybridized carbons (Fsp3) is 0. The van der Waals surface area contributed by atoms with Crippen molar-refractivity contribution in [2.24, 2.45) is 0 Å². The van der Waals surface area contributed by atoms with Crippen molar-refractivity contribution in [2.45, 2.75) is 5.16 Å². The lowest BCUT2D eigenvalue weighted by molar-refractivity contribution is -0.384. The van der Waals surface area contributed by atoms with Gasteiger partial charge in [-0.3, -0.25) is 34.2 Å². The second-order valence-corrected chi connectivity index (χ2v) is 6.48. The van der Waals surface area contributed by atoms with Crippen LogP contribution in [0, 0.1) is 10.1 Å². The van der Waals surface area contributed by atoms with Crippen LogP contribution in [0.5, 0.6) is 0 Å². The van der Waals surface area contributed by atoms with Gasteiger partial charge >= 0.3 is 0 Å². The van der Waals surface area contributed by atoms with Gasteiger partial charge in [-0.1, -0.05) is 0 Å². The van der Waals surface area contributed by atoms with Crippen molar-refractivity contribution < 1.29 is 14.5 Å². The molecule has 3 heterocycles. The first-order chi connectivity index (χ1) is 14.0. The first-order valence-corrected chi connectivity index (χ1v) is 8.82. The summed E-state index contributed by atoms with van der Waals surface area (Å²) in [5.41, 5.74) is 0.394. The third-order valence-electron chi connectivity index (χ3n) is 3.76. The van der Waals surface area contributed by atoms with Crippen LogP contribution in [-0.2, 0) is 0 Å². The van der Waals surface area contributed by atoms with E-state index >= 15 is 0 Å². The van der Waals surface area contributed by atoms with E-state index in [1.54, 1.807) is 0 Å². The monoisotopic (exact) mass is 407 g/mol. The summed E-state index contributed by atoms with van der Waals surface area (Å²) >= 11 is 0.658. The van der Waals surface area contributed by atoms with E-state index in [1.165, 1.54) is 59.9 Å². The number of carbonyl (C=O) groups is 2. The maximum Gasteiger partial charge on any atom is 0.284 e. The molecule has 4 rings (SSSR count). The molecule has 0 spiro atoms. The molecule has 0 saturated heterocycles. The van der Waals surface area contributed by atoms with E-state index in [0.29, 0.717) is 17.3 Å². The van der Waals surface area contributed by atoms with Crippen LogP contribution in [0.3, 0.4) is 0 Å². The molecule has 0 amide bonds. The lowest BCUT2D eigenvalue weighted by Gasteiger charge is -2.06. The second-order valence-electron chi connectivity index (χ2n) is 5.54. The highest BCUT2D eigenvalue weighted by atomic mass is 32.2. The number of nitro benzene ring substituents is 1. The number of fused-ring (bicyclic) bond motifs is 1. The number of nitro groups is 1. The Hall–Kier alpha value is -4.06. The summed E-state index contributed by atoms with van der Waals surface area (Å²) in [6.07, 6.45) is 8.13. The highest BCUT2D eigenvalue weighted by Crippen LogP contribution is 2.29. The Balaban J connectivity index is 1.84. The first-order valence-electron chi connectivity index (χ1n) is 8.00. The average molecular weight is 407 g/mol. The predicted octanol–water partition coefficient (Wildman–Crippen LogP) is 2.15. The topological polar surface area (TPSA) is 147 Å². The zero-order chi connectivity index (χ0) is 20.4. The molecule has 12 heteroatoms. The normalized spacial score (nSPS) is 10.8. The number of nitrogens with zero attached hydrogens (tertiary/aromatic N) is 7. The molecule has 0 aliphatic carbocycles. The summed E-state index contributed by atoms with van der Waals surface area (Å²) in [7, 11) is 0. The molecule has 1 aromatic carbocycles. The molecule has 4 aromatic rings. The van der Waals surface area contributed by atoms with Crippen molar-refractivity contribution in [3.05, 3.63) is 76.9 Å². The Labute approximate surface area is 166 Å². The summed E-state index contributed by atoms with van der Waals surface area (Å²) in [5, 5.41) is 10.6. The van der Waals surface area contributed by atoms with E-state index in [1.807, 2.05) is 0 Å². The number of imidazole rings is 1. The Morgan fingerprint density at radius 3 is 2.31 bits per heavy atom. The number of non-ortho nitro benzene ring substituents is 1. The molecule has 0 aliphatic heterocycles. The van der Waals surface area contributed by atoms with E-state index < -0.39 is 15.9 Å². The Bertz CT molecular complexity index is 1240. The number of aromatic nitrogens is 6. The molecule has 29 heavy (non-hydrogen) atoms. The van der Waals surface area contributed by atoms with Crippen LogP contribution in [0.4, 0.5) is 5.69 Å². The van der Waals surface area contributed by atoms with Crippen LogP contribution in [0.15, 0.2) is 60.5 Å².